The van der Waals surface area contributed by atoms with E-state index in [0.29, 0.717) is 0 Å². The molecule has 0 fully saturated rings. The SMILES string of the molecule is CCCCCCN(CCCCCC)c1ccc(/C=C\c2cc3c(/C=C/c4ccc(N(CCCCCC)CCCCCC)cc4)cc2CCc2cc(/C=C/c4ccc(N(CCCCCC)CCCCCC)cc4)c(cc2/C=C/c2ccc(N(CCCCCC)CCCCCC)cc2)CC3)cc1. The lowest BCUT2D eigenvalue weighted by atomic mass is 9.86. The van der Waals surface area contributed by atoms with Crippen LogP contribution < -0.4 is 19.6 Å². The predicted molar refractivity (Wildman–Crippen MR) is 451 cm³/mol. The minimum atomic E-state index is 0.936. The van der Waals surface area contributed by atoms with Gasteiger partial charge in [-0.15, -0.1) is 0 Å². The second-order valence-electron chi connectivity index (χ2n) is 29.6. The molecule has 0 aromatic heterocycles. The number of rotatable bonds is 52. The van der Waals surface area contributed by atoms with Gasteiger partial charge >= 0.3 is 0 Å². The third-order valence-electron chi connectivity index (χ3n) is 21.2. The number of hydrogen-bond acceptors (Lipinski definition) is 4. The molecule has 4 heteroatoms. The van der Waals surface area contributed by atoms with Gasteiger partial charge in [0.05, 0.1) is 0 Å². The van der Waals surface area contributed by atoms with Gasteiger partial charge in [-0.2, -0.15) is 0 Å². The molecule has 0 heterocycles. The number of anilines is 4. The summed E-state index contributed by atoms with van der Waals surface area (Å²) in [6, 6.07) is 48.3. The summed E-state index contributed by atoms with van der Waals surface area (Å²) in [6.45, 7) is 27.7. The largest absolute Gasteiger partial charge is 0.372 e. The molecule has 0 atom stereocenters. The summed E-state index contributed by atoms with van der Waals surface area (Å²) in [5.74, 6) is 0. The summed E-state index contributed by atoms with van der Waals surface area (Å²) in [5.41, 5.74) is 21.5. The van der Waals surface area contributed by atoms with Crippen LogP contribution in [0.3, 0.4) is 0 Å². The summed E-state index contributed by atoms with van der Waals surface area (Å²) in [7, 11) is 0. The van der Waals surface area contributed by atoms with Gasteiger partial charge in [0.2, 0.25) is 0 Å². The molecule has 4 aliphatic rings. The summed E-state index contributed by atoms with van der Waals surface area (Å²) >= 11 is 0. The minimum Gasteiger partial charge on any atom is -0.372 e. The molecule has 0 spiro atoms. The molecule has 100 heavy (non-hydrogen) atoms. The zero-order valence-electron chi connectivity index (χ0n) is 65.1. The highest BCUT2D eigenvalue weighted by Gasteiger charge is 2.17. The van der Waals surface area contributed by atoms with Crippen LogP contribution in [0.5, 0.6) is 0 Å². The van der Waals surface area contributed by atoms with Crippen molar-refractivity contribution in [2.75, 3.05) is 72.0 Å². The fraction of sp³-hybridized carbons (Fsp3) is 0.542. The van der Waals surface area contributed by atoms with Crippen molar-refractivity contribution in [3.63, 3.8) is 0 Å². The zero-order chi connectivity index (χ0) is 70.5. The van der Waals surface area contributed by atoms with E-state index in [0.717, 1.165) is 78.0 Å². The van der Waals surface area contributed by atoms with Crippen molar-refractivity contribution in [2.45, 2.75) is 287 Å². The Morgan fingerprint density at radius 1 is 0.200 bits per heavy atom. The monoisotopic (exact) mass is 1350 g/mol. The van der Waals surface area contributed by atoms with Crippen molar-refractivity contribution < 1.29 is 0 Å². The van der Waals surface area contributed by atoms with Gasteiger partial charge in [-0.3, -0.25) is 0 Å². The van der Waals surface area contributed by atoms with Crippen molar-refractivity contribution in [3.8, 4) is 0 Å². The Balaban J connectivity index is 1.26. The first-order valence-corrected chi connectivity index (χ1v) is 41.7. The molecule has 0 radical (unpaired) electrons. The molecule has 6 aromatic carbocycles. The van der Waals surface area contributed by atoms with Crippen LogP contribution in [0.25, 0.3) is 48.6 Å². The Morgan fingerprint density at radius 3 is 0.510 bits per heavy atom. The maximum absolute atomic E-state index is 2.67. The van der Waals surface area contributed by atoms with E-state index in [1.165, 1.54) is 295 Å². The Labute approximate surface area is 614 Å². The van der Waals surface area contributed by atoms with E-state index >= 15 is 0 Å². The zero-order valence-corrected chi connectivity index (χ0v) is 65.1. The molecule has 10 rings (SSSR count). The van der Waals surface area contributed by atoms with Crippen LogP contribution in [0.1, 0.15) is 328 Å². The molecule has 4 bridgehead atoms. The van der Waals surface area contributed by atoms with Gasteiger partial charge < -0.3 is 19.6 Å². The van der Waals surface area contributed by atoms with Crippen LogP contribution in [0.4, 0.5) is 22.7 Å². The standard InChI is InChI=1S/C96H140N4/c1-9-17-25-33-69-97(70-34-26-18-10-2)93-61-45-81(46-62-93)41-53-85-77-90-59-60-92-80-87(55-43-83-49-65-95(66-50-83)99(73-37-29-21-13-5)74-38-30-22-14-6)91(79-88(92)56-44-84-51-67-96(68-52-84)100(75-39-31-23-15-7)76-40-32-24-16-8)58-57-89(85)78-86(90)54-42-82-47-63-94(64-48-82)98(71-35-27-19-11-3)72-36-28-20-12-4/h41-56,61-68,77-80H,9-40,57-60,69-76H2,1-8H3/b53-41-,54-42+,55-43+,56-44+. The van der Waals surface area contributed by atoms with Crippen molar-refractivity contribution in [2.24, 2.45) is 0 Å². The predicted octanol–water partition coefficient (Wildman–Crippen LogP) is 28.1. The highest BCUT2D eigenvalue weighted by molar-refractivity contribution is 5.80. The summed E-state index contributed by atoms with van der Waals surface area (Å²) in [6.07, 6.45) is 64.5. The van der Waals surface area contributed by atoms with E-state index in [-0.39, 0.29) is 0 Å². The number of unbranched alkanes of at least 4 members (excludes halogenated alkanes) is 24. The fourth-order valence-corrected chi connectivity index (χ4v) is 14.7. The Hall–Kier alpha value is -6.52. The highest BCUT2D eigenvalue weighted by atomic mass is 15.1. The maximum atomic E-state index is 2.67. The van der Waals surface area contributed by atoms with Crippen molar-refractivity contribution in [1.29, 1.82) is 0 Å². The molecule has 0 unspecified atom stereocenters. The molecule has 0 N–H and O–H groups in total. The van der Waals surface area contributed by atoms with Crippen LogP contribution >= 0.6 is 0 Å². The van der Waals surface area contributed by atoms with Gasteiger partial charge in [0.15, 0.2) is 0 Å². The first kappa shape index (κ1) is 80.8. The lowest BCUT2D eigenvalue weighted by Crippen LogP contribution is -2.25. The average molecular weight is 1350 g/mol. The summed E-state index contributed by atoms with van der Waals surface area (Å²) < 4.78 is 0. The van der Waals surface area contributed by atoms with Crippen LogP contribution in [-0.2, 0) is 25.7 Å². The van der Waals surface area contributed by atoms with E-state index in [1.54, 1.807) is 0 Å². The number of hydrogen-bond donors (Lipinski definition) is 0. The average Bonchev–Trinajstić information content (AvgIpc) is 0.798. The third-order valence-corrected chi connectivity index (χ3v) is 21.2. The normalized spacial score (nSPS) is 12.5. The number of aryl methyl sites for hydroxylation is 4. The van der Waals surface area contributed by atoms with Crippen LogP contribution in [0, 0.1) is 0 Å². The van der Waals surface area contributed by atoms with Gasteiger partial charge in [0.25, 0.3) is 0 Å². The van der Waals surface area contributed by atoms with Crippen molar-refractivity contribution in [3.05, 3.63) is 188 Å². The molecule has 4 aliphatic carbocycles. The number of nitrogens with zero attached hydrogens (tertiary/aromatic N) is 4. The Bertz CT molecular complexity index is 2750. The lowest BCUT2D eigenvalue weighted by Gasteiger charge is -2.25. The molecule has 6 aromatic rings. The van der Waals surface area contributed by atoms with Crippen LogP contribution in [0.2, 0.25) is 0 Å². The van der Waals surface area contributed by atoms with E-state index in [2.05, 4.69) is 245 Å². The fourth-order valence-electron chi connectivity index (χ4n) is 14.7. The molecule has 0 saturated heterocycles. The van der Waals surface area contributed by atoms with Crippen LogP contribution in [-0.4, -0.2) is 52.4 Å². The Morgan fingerprint density at radius 2 is 0.360 bits per heavy atom. The van der Waals surface area contributed by atoms with Crippen LogP contribution in [0.15, 0.2) is 121 Å². The van der Waals surface area contributed by atoms with Gasteiger partial charge in [0, 0.05) is 75.1 Å². The van der Waals surface area contributed by atoms with Gasteiger partial charge in [-0.25, -0.2) is 0 Å². The quantitative estimate of drug-likeness (QED) is 0.0279. The molecular weight excluding hydrogens is 1210 g/mol. The van der Waals surface area contributed by atoms with Crippen molar-refractivity contribution in [1.82, 2.24) is 0 Å². The summed E-state index contributed by atoms with van der Waals surface area (Å²) in [5, 5.41) is 0. The Kier molecular flexibility index (Phi) is 39.7. The molecular formula is C96H140N4. The summed E-state index contributed by atoms with van der Waals surface area (Å²) in [4.78, 5) is 10.7. The topological polar surface area (TPSA) is 13.0 Å². The van der Waals surface area contributed by atoms with Gasteiger partial charge in [-0.1, -0.05) is 331 Å². The van der Waals surface area contributed by atoms with Gasteiger partial charge in [-0.05, 0) is 192 Å². The third kappa shape index (κ3) is 29.4. The van der Waals surface area contributed by atoms with Crippen molar-refractivity contribution >= 4 is 71.4 Å². The smallest absolute Gasteiger partial charge is 0.0366 e. The first-order chi connectivity index (χ1) is 49.3. The highest BCUT2D eigenvalue weighted by Crippen LogP contribution is 2.32. The van der Waals surface area contributed by atoms with E-state index in [9.17, 15) is 0 Å². The lowest BCUT2D eigenvalue weighted by molar-refractivity contribution is 0.609. The number of benzene rings is 6. The minimum absolute atomic E-state index is 0.936. The molecule has 0 aliphatic heterocycles. The first-order valence-electron chi connectivity index (χ1n) is 41.7. The van der Waals surface area contributed by atoms with E-state index < -0.39 is 0 Å². The van der Waals surface area contributed by atoms with E-state index in [1.807, 2.05) is 0 Å². The molecule has 4 nitrogen and oxygen atoms in total. The molecule has 544 valence electrons. The molecule has 0 saturated carbocycles. The maximum Gasteiger partial charge on any atom is 0.0366 e. The molecule has 0 amide bonds. The second-order valence-corrected chi connectivity index (χ2v) is 29.6. The second kappa shape index (κ2) is 49.2. The van der Waals surface area contributed by atoms with E-state index in [4.69, 9.17) is 0 Å². The van der Waals surface area contributed by atoms with Gasteiger partial charge in [0.1, 0.15) is 0 Å².